The van der Waals surface area contributed by atoms with Crippen LogP contribution in [0.5, 0.6) is 0 Å². The number of aliphatic carboxylic acids is 1. The van der Waals surface area contributed by atoms with E-state index in [1.807, 2.05) is 6.07 Å². The van der Waals surface area contributed by atoms with Gasteiger partial charge in [0, 0.05) is 17.0 Å². The predicted molar refractivity (Wildman–Crippen MR) is 98.1 cm³/mol. The first-order valence-electron chi connectivity index (χ1n) is 7.86. The fourth-order valence-corrected chi connectivity index (χ4v) is 3.74. The first-order chi connectivity index (χ1) is 11.4. The van der Waals surface area contributed by atoms with Gasteiger partial charge in [-0.25, -0.2) is 0 Å². The molecule has 1 saturated carbocycles. The molecule has 1 unspecified atom stereocenters. The number of fused-ring (bicyclic) bond motifs is 1. The van der Waals surface area contributed by atoms with Crippen LogP contribution in [0.2, 0.25) is 0 Å². The van der Waals surface area contributed by atoms with Crippen molar-refractivity contribution in [3.63, 3.8) is 0 Å². The maximum absolute atomic E-state index is 9.00. The van der Waals surface area contributed by atoms with Gasteiger partial charge in [0.25, 0.3) is 5.97 Å². The summed E-state index contributed by atoms with van der Waals surface area (Å²) >= 11 is 3.58. The molecule has 1 fully saturated rings. The van der Waals surface area contributed by atoms with Gasteiger partial charge in [0.2, 0.25) is 0 Å². The Balaban J connectivity index is 0.000000383. The van der Waals surface area contributed by atoms with E-state index < -0.39 is 5.97 Å². The largest absolute Gasteiger partial charge is 0.481 e. The van der Waals surface area contributed by atoms with Crippen molar-refractivity contribution in [2.75, 3.05) is 0 Å². The van der Waals surface area contributed by atoms with E-state index >= 15 is 0 Å². The number of carboxylic acid groups (broad SMARTS) is 1. The highest BCUT2D eigenvalue weighted by Crippen LogP contribution is 2.55. The lowest BCUT2D eigenvalue weighted by molar-refractivity contribution is -0.134. The van der Waals surface area contributed by atoms with Gasteiger partial charge in [-0.1, -0.05) is 52.3 Å². The molecule has 0 radical (unpaired) electrons. The lowest BCUT2D eigenvalue weighted by Crippen LogP contribution is -2.26. The Morgan fingerprint density at radius 3 is 2.54 bits per heavy atom. The third kappa shape index (κ3) is 2.96. The highest BCUT2D eigenvalue weighted by atomic mass is 79.9. The number of aliphatic imine (C=N–C) groups is 1. The zero-order valence-electron chi connectivity index (χ0n) is 13.4. The molecule has 0 saturated heterocycles. The lowest BCUT2D eigenvalue weighted by Gasteiger charge is -2.28. The van der Waals surface area contributed by atoms with Gasteiger partial charge in [0.1, 0.15) is 11.4 Å². The minimum atomic E-state index is -0.833. The summed E-state index contributed by atoms with van der Waals surface area (Å²) in [5, 5.41) is 7.42. The van der Waals surface area contributed by atoms with Gasteiger partial charge in [-0.3, -0.25) is 9.79 Å². The molecule has 24 heavy (non-hydrogen) atoms. The standard InChI is InChI=1S/C17H15BrN2.C2H4O2/c18-13-5-3-4-12(10-13)17(11-8-9-11)15-7-2-1-6-14(15)16(19)20-17;1-2(3)4/h1-7,10-11H,8-9H2,(H2,19,20);1H3,(H,3,4). The molecule has 2 aromatic rings. The molecule has 1 heterocycles. The number of carboxylic acids is 1. The topological polar surface area (TPSA) is 75.7 Å². The summed E-state index contributed by atoms with van der Waals surface area (Å²) in [4.78, 5) is 13.9. The summed E-state index contributed by atoms with van der Waals surface area (Å²) in [5.41, 5.74) is 9.52. The number of halogens is 1. The van der Waals surface area contributed by atoms with E-state index in [9.17, 15) is 0 Å². The Morgan fingerprint density at radius 2 is 1.92 bits per heavy atom. The van der Waals surface area contributed by atoms with Gasteiger partial charge < -0.3 is 10.8 Å². The van der Waals surface area contributed by atoms with E-state index in [1.165, 1.54) is 24.0 Å². The first-order valence-corrected chi connectivity index (χ1v) is 8.65. The molecule has 4 nitrogen and oxygen atoms in total. The van der Waals surface area contributed by atoms with Crippen molar-refractivity contribution >= 4 is 27.7 Å². The quantitative estimate of drug-likeness (QED) is 0.820. The summed E-state index contributed by atoms with van der Waals surface area (Å²) in [6.07, 6.45) is 2.44. The lowest BCUT2D eigenvalue weighted by atomic mass is 9.79. The van der Waals surface area contributed by atoms with Gasteiger partial charge in [-0.15, -0.1) is 0 Å². The second-order valence-corrected chi connectivity index (χ2v) is 7.03. The molecule has 124 valence electrons. The first kappa shape index (κ1) is 16.7. The number of benzene rings is 2. The van der Waals surface area contributed by atoms with Crippen LogP contribution in [-0.2, 0) is 10.3 Å². The average Bonchev–Trinajstić information content (AvgIpc) is 3.33. The van der Waals surface area contributed by atoms with Gasteiger partial charge in [0.15, 0.2) is 0 Å². The fraction of sp³-hybridized carbons (Fsp3) is 0.263. The molecule has 3 N–H and O–H groups in total. The van der Waals surface area contributed by atoms with Crippen molar-refractivity contribution in [1.29, 1.82) is 0 Å². The monoisotopic (exact) mass is 386 g/mol. The third-order valence-corrected chi connectivity index (χ3v) is 4.84. The molecule has 2 aliphatic rings. The maximum Gasteiger partial charge on any atom is 0.300 e. The Kier molecular flexibility index (Phi) is 4.45. The molecule has 0 amide bonds. The van der Waals surface area contributed by atoms with E-state index in [2.05, 4.69) is 58.4 Å². The summed E-state index contributed by atoms with van der Waals surface area (Å²) in [5.74, 6) is 0.409. The zero-order chi connectivity index (χ0) is 17.3. The molecule has 2 aromatic carbocycles. The van der Waals surface area contributed by atoms with Crippen molar-refractivity contribution < 1.29 is 9.90 Å². The molecule has 4 rings (SSSR count). The molecular formula is C19H19BrN2O2. The average molecular weight is 387 g/mol. The zero-order valence-corrected chi connectivity index (χ0v) is 15.0. The van der Waals surface area contributed by atoms with Crippen molar-refractivity contribution in [2.24, 2.45) is 16.6 Å². The Hall–Kier alpha value is -2.14. The minimum Gasteiger partial charge on any atom is -0.481 e. The van der Waals surface area contributed by atoms with Crippen LogP contribution in [0.1, 0.15) is 36.5 Å². The maximum atomic E-state index is 9.00. The summed E-state index contributed by atoms with van der Waals surface area (Å²) in [7, 11) is 0. The number of nitrogens with zero attached hydrogens (tertiary/aromatic N) is 1. The van der Waals surface area contributed by atoms with E-state index in [1.54, 1.807) is 0 Å². The molecule has 1 atom stereocenters. The van der Waals surface area contributed by atoms with Crippen LogP contribution < -0.4 is 5.73 Å². The Labute approximate surface area is 149 Å². The number of rotatable bonds is 2. The molecule has 1 aliphatic heterocycles. The molecule has 0 spiro atoms. The number of amidine groups is 1. The molecule has 0 aromatic heterocycles. The third-order valence-electron chi connectivity index (χ3n) is 4.34. The number of hydrogen-bond acceptors (Lipinski definition) is 3. The van der Waals surface area contributed by atoms with Crippen LogP contribution in [0.25, 0.3) is 0 Å². The van der Waals surface area contributed by atoms with E-state index in [0.717, 1.165) is 17.0 Å². The van der Waals surface area contributed by atoms with Crippen LogP contribution in [-0.4, -0.2) is 16.9 Å². The molecule has 1 aliphatic carbocycles. The summed E-state index contributed by atoms with van der Waals surface area (Å²) < 4.78 is 1.09. The Morgan fingerprint density at radius 1 is 1.25 bits per heavy atom. The van der Waals surface area contributed by atoms with Crippen LogP contribution in [0.4, 0.5) is 0 Å². The second kappa shape index (κ2) is 6.40. The van der Waals surface area contributed by atoms with Gasteiger partial charge in [0.05, 0.1) is 0 Å². The van der Waals surface area contributed by atoms with Crippen LogP contribution >= 0.6 is 15.9 Å². The Bertz CT molecular complexity index is 811. The van der Waals surface area contributed by atoms with Gasteiger partial charge in [-0.05, 0) is 42.0 Å². The number of carbonyl (C=O) groups is 1. The highest BCUT2D eigenvalue weighted by Gasteiger charge is 2.51. The van der Waals surface area contributed by atoms with Crippen LogP contribution in [0, 0.1) is 5.92 Å². The minimum absolute atomic E-state index is 0.273. The van der Waals surface area contributed by atoms with Crippen molar-refractivity contribution in [3.8, 4) is 0 Å². The molecule has 0 bridgehead atoms. The highest BCUT2D eigenvalue weighted by molar-refractivity contribution is 9.10. The van der Waals surface area contributed by atoms with Crippen molar-refractivity contribution in [1.82, 2.24) is 0 Å². The normalized spacial score (nSPS) is 21.3. The van der Waals surface area contributed by atoms with Crippen molar-refractivity contribution in [3.05, 3.63) is 69.7 Å². The predicted octanol–water partition coefficient (Wildman–Crippen LogP) is 3.91. The fourth-order valence-electron chi connectivity index (χ4n) is 3.34. The van der Waals surface area contributed by atoms with Crippen LogP contribution in [0.15, 0.2) is 58.0 Å². The smallest absolute Gasteiger partial charge is 0.300 e. The summed E-state index contributed by atoms with van der Waals surface area (Å²) in [6.45, 7) is 1.08. The molecule has 5 heteroatoms. The van der Waals surface area contributed by atoms with Crippen LogP contribution in [0.3, 0.4) is 0 Å². The van der Waals surface area contributed by atoms with Gasteiger partial charge >= 0.3 is 0 Å². The second-order valence-electron chi connectivity index (χ2n) is 6.11. The molecular weight excluding hydrogens is 368 g/mol. The number of hydrogen-bond donors (Lipinski definition) is 2. The summed E-state index contributed by atoms with van der Waals surface area (Å²) in [6, 6.07) is 16.9. The van der Waals surface area contributed by atoms with E-state index in [-0.39, 0.29) is 5.54 Å². The van der Waals surface area contributed by atoms with Gasteiger partial charge in [-0.2, -0.15) is 0 Å². The van der Waals surface area contributed by atoms with E-state index in [0.29, 0.717) is 11.8 Å². The van der Waals surface area contributed by atoms with Crippen molar-refractivity contribution in [2.45, 2.75) is 25.3 Å². The number of nitrogens with two attached hydrogens (primary N) is 1. The SMILES string of the molecule is CC(=O)O.NC1=NC(c2cccc(Br)c2)(C2CC2)c2ccccc21. The van der Waals surface area contributed by atoms with E-state index in [4.69, 9.17) is 20.6 Å².